The second-order valence-electron chi connectivity index (χ2n) is 7.11. The van der Waals surface area contributed by atoms with Crippen LogP contribution in [0.25, 0.3) is 0 Å². The van der Waals surface area contributed by atoms with Crippen molar-refractivity contribution in [3.8, 4) is 0 Å². The molecule has 1 aromatic heterocycles. The number of sulfonamides is 1. The minimum Gasteiger partial charge on any atom is -0.320 e. The number of anilines is 1. The summed E-state index contributed by atoms with van der Waals surface area (Å²) < 4.78 is 27.2. The Labute approximate surface area is 185 Å². The van der Waals surface area contributed by atoms with E-state index in [1.165, 1.54) is 17.1 Å². The fourth-order valence-corrected chi connectivity index (χ4v) is 9.00. The molecular weight excluding hydrogens is 450 g/mol. The largest absolute Gasteiger partial charge is 0.323 e. The van der Waals surface area contributed by atoms with E-state index in [1.807, 2.05) is 30.4 Å². The molecular formula is C17H29N5O3S4. The monoisotopic (exact) mass is 479 g/mol. The van der Waals surface area contributed by atoms with E-state index in [-0.39, 0.29) is 21.5 Å². The minimum atomic E-state index is -3.63. The lowest BCUT2D eigenvalue weighted by molar-refractivity contribution is 0.200. The summed E-state index contributed by atoms with van der Waals surface area (Å²) in [7, 11) is -3.63. The first-order valence-electron chi connectivity index (χ1n) is 10.1. The number of nitrogens with zero attached hydrogens (tertiary/aromatic N) is 4. The summed E-state index contributed by atoms with van der Waals surface area (Å²) in [5, 5.41) is 10.7. The average molecular weight is 480 g/mol. The van der Waals surface area contributed by atoms with Gasteiger partial charge in [-0.1, -0.05) is 17.8 Å². The maximum absolute atomic E-state index is 12.8. The SMILES string of the molecule is CCN(C(=O)Nc1nnc(S(=O)(=O)N2CCCCC2)s1)C(C)C1SCCCCS1. The number of carbonyl (C=O) groups excluding carboxylic acids is 1. The van der Waals surface area contributed by atoms with Gasteiger partial charge in [-0.25, -0.2) is 13.2 Å². The van der Waals surface area contributed by atoms with Crippen LogP contribution in [0.5, 0.6) is 0 Å². The molecule has 0 aliphatic carbocycles. The van der Waals surface area contributed by atoms with Crippen LogP contribution in [0.1, 0.15) is 46.0 Å². The first kappa shape index (κ1) is 23.1. The summed E-state index contributed by atoms with van der Waals surface area (Å²) in [4.78, 5) is 14.6. The molecule has 8 nitrogen and oxygen atoms in total. The van der Waals surface area contributed by atoms with E-state index in [1.54, 1.807) is 4.90 Å². The third kappa shape index (κ3) is 5.78. The third-order valence-electron chi connectivity index (χ3n) is 5.09. The molecule has 2 saturated heterocycles. The number of carbonyl (C=O) groups is 1. The number of urea groups is 1. The maximum Gasteiger partial charge on any atom is 0.323 e. The zero-order valence-corrected chi connectivity index (χ0v) is 20.1. The quantitative estimate of drug-likeness (QED) is 0.624. The van der Waals surface area contributed by atoms with Crippen LogP contribution in [0.4, 0.5) is 9.93 Å². The van der Waals surface area contributed by atoms with Crippen LogP contribution in [-0.2, 0) is 10.0 Å². The van der Waals surface area contributed by atoms with Crippen molar-refractivity contribution in [1.82, 2.24) is 19.4 Å². The Morgan fingerprint density at radius 3 is 2.45 bits per heavy atom. The maximum atomic E-state index is 12.8. The third-order valence-corrected chi connectivity index (χ3v) is 11.5. The van der Waals surface area contributed by atoms with Crippen LogP contribution in [0.15, 0.2) is 4.34 Å². The molecule has 1 atom stereocenters. The van der Waals surface area contributed by atoms with Gasteiger partial charge in [-0.15, -0.1) is 33.7 Å². The van der Waals surface area contributed by atoms with Gasteiger partial charge in [0.1, 0.15) is 0 Å². The van der Waals surface area contributed by atoms with Crippen molar-refractivity contribution >= 4 is 56.0 Å². The van der Waals surface area contributed by atoms with Gasteiger partial charge in [-0.3, -0.25) is 5.32 Å². The van der Waals surface area contributed by atoms with Crippen molar-refractivity contribution in [2.24, 2.45) is 0 Å². The number of amides is 2. The second-order valence-corrected chi connectivity index (χ2v) is 13.0. The van der Waals surface area contributed by atoms with Crippen LogP contribution in [0, 0.1) is 0 Å². The zero-order valence-electron chi connectivity index (χ0n) is 16.9. The molecule has 3 rings (SSSR count). The smallest absolute Gasteiger partial charge is 0.320 e. The lowest BCUT2D eigenvalue weighted by Crippen LogP contribution is -2.45. The van der Waals surface area contributed by atoms with Gasteiger partial charge in [-0.2, -0.15) is 4.31 Å². The van der Waals surface area contributed by atoms with Gasteiger partial charge >= 0.3 is 6.03 Å². The molecule has 2 aliphatic rings. The lowest BCUT2D eigenvalue weighted by atomic mass is 10.2. The summed E-state index contributed by atoms with van der Waals surface area (Å²) in [6.07, 6.45) is 5.22. The molecule has 0 aromatic carbocycles. The number of aromatic nitrogens is 2. The summed E-state index contributed by atoms with van der Waals surface area (Å²) in [5.74, 6) is 2.24. The molecule has 0 saturated carbocycles. The number of piperidine rings is 1. The van der Waals surface area contributed by atoms with E-state index in [4.69, 9.17) is 0 Å². The van der Waals surface area contributed by atoms with Gasteiger partial charge < -0.3 is 4.90 Å². The summed E-state index contributed by atoms with van der Waals surface area (Å²) in [6, 6.07) is -0.193. The number of hydrogen-bond acceptors (Lipinski definition) is 8. The van der Waals surface area contributed by atoms with Crippen LogP contribution in [0.2, 0.25) is 0 Å². The first-order valence-corrected chi connectivity index (χ1v) is 14.4. The van der Waals surface area contributed by atoms with Crippen LogP contribution >= 0.6 is 34.9 Å². The van der Waals surface area contributed by atoms with Gasteiger partial charge in [0.05, 0.1) is 10.6 Å². The van der Waals surface area contributed by atoms with E-state index in [0.717, 1.165) is 42.1 Å². The Morgan fingerprint density at radius 2 is 1.83 bits per heavy atom. The zero-order chi connectivity index (χ0) is 20.9. The molecule has 0 bridgehead atoms. The standard InChI is InChI=1S/C17H29N5O3S4/c1-3-22(13(2)14-26-11-7-8-12-27-14)16(23)18-15-19-20-17(28-15)29(24,25)21-9-5-4-6-10-21/h13-14H,3-12H2,1-2H3,(H,18,19,23). The lowest BCUT2D eigenvalue weighted by Gasteiger charge is -2.32. The Kier molecular flexibility index (Phi) is 8.49. The molecule has 0 spiro atoms. The van der Waals surface area contributed by atoms with Crippen molar-refractivity contribution in [2.45, 2.75) is 60.9 Å². The number of hydrogen-bond donors (Lipinski definition) is 1. The highest BCUT2D eigenvalue weighted by atomic mass is 32.2. The highest BCUT2D eigenvalue weighted by Crippen LogP contribution is 2.34. The Bertz CT molecular complexity index is 774. The predicted octanol–water partition coefficient (Wildman–Crippen LogP) is 3.54. The van der Waals surface area contributed by atoms with Gasteiger partial charge in [-0.05, 0) is 51.0 Å². The molecule has 1 N–H and O–H groups in total. The molecule has 12 heteroatoms. The number of thioether (sulfide) groups is 2. The normalized spacial score (nSPS) is 20.8. The van der Waals surface area contributed by atoms with Gasteiger partial charge in [0, 0.05) is 19.6 Å². The van der Waals surface area contributed by atoms with Crippen molar-refractivity contribution < 1.29 is 13.2 Å². The molecule has 0 radical (unpaired) electrons. The van der Waals surface area contributed by atoms with E-state index < -0.39 is 10.0 Å². The molecule has 2 fully saturated rings. The van der Waals surface area contributed by atoms with E-state index in [0.29, 0.717) is 24.2 Å². The van der Waals surface area contributed by atoms with Gasteiger partial charge in [0.15, 0.2) is 0 Å². The Hall–Kier alpha value is -0.560. The topological polar surface area (TPSA) is 95.5 Å². The predicted molar refractivity (Wildman–Crippen MR) is 121 cm³/mol. The summed E-state index contributed by atoms with van der Waals surface area (Å²) in [6.45, 7) is 5.63. The highest BCUT2D eigenvalue weighted by molar-refractivity contribution is 8.17. The summed E-state index contributed by atoms with van der Waals surface area (Å²) in [5.41, 5.74) is 0. The Morgan fingerprint density at radius 1 is 1.17 bits per heavy atom. The van der Waals surface area contributed by atoms with Crippen LogP contribution in [-0.4, -0.2) is 75.6 Å². The minimum absolute atomic E-state index is 0.0549. The van der Waals surface area contributed by atoms with Gasteiger partial charge in [0.25, 0.3) is 10.0 Å². The summed E-state index contributed by atoms with van der Waals surface area (Å²) >= 11 is 4.75. The van der Waals surface area contributed by atoms with Crippen molar-refractivity contribution in [2.75, 3.05) is 36.5 Å². The molecule has 164 valence electrons. The van der Waals surface area contributed by atoms with E-state index >= 15 is 0 Å². The fraction of sp³-hybridized carbons (Fsp3) is 0.824. The molecule has 2 amide bonds. The molecule has 1 unspecified atom stereocenters. The molecule has 29 heavy (non-hydrogen) atoms. The van der Waals surface area contributed by atoms with Crippen LogP contribution < -0.4 is 5.32 Å². The number of nitrogens with one attached hydrogen (secondary N) is 1. The van der Waals surface area contributed by atoms with Crippen LogP contribution in [0.3, 0.4) is 0 Å². The van der Waals surface area contributed by atoms with E-state index in [2.05, 4.69) is 22.4 Å². The van der Waals surface area contributed by atoms with E-state index in [9.17, 15) is 13.2 Å². The molecule has 2 aliphatic heterocycles. The fourth-order valence-electron chi connectivity index (χ4n) is 3.44. The van der Waals surface area contributed by atoms with Gasteiger partial charge in [0.2, 0.25) is 9.47 Å². The molecule has 3 heterocycles. The highest BCUT2D eigenvalue weighted by Gasteiger charge is 2.31. The number of rotatable bonds is 6. The second kappa shape index (κ2) is 10.7. The first-order chi connectivity index (χ1) is 13.9. The average Bonchev–Trinajstić information content (AvgIpc) is 3.02. The van der Waals surface area contributed by atoms with Crippen molar-refractivity contribution in [3.05, 3.63) is 0 Å². The van der Waals surface area contributed by atoms with Crippen molar-refractivity contribution in [1.29, 1.82) is 0 Å². The Balaban J connectivity index is 1.65. The molecule has 1 aromatic rings. The van der Waals surface area contributed by atoms with Crippen molar-refractivity contribution in [3.63, 3.8) is 0 Å².